The van der Waals surface area contributed by atoms with Gasteiger partial charge in [-0.05, 0) is 19.9 Å². The van der Waals surface area contributed by atoms with Crippen molar-refractivity contribution in [3.05, 3.63) is 4.91 Å². The van der Waals surface area contributed by atoms with Crippen LogP contribution in [0, 0.1) is 4.91 Å². The molecule has 0 radical (unpaired) electrons. The summed E-state index contributed by atoms with van der Waals surface area (Å²) in [6.45, 7) is 9.97. The Morgan fingerprint density at radius 2 is 1.28 bits per heavy atom. The van der Waals surface area contributed by atoms with Gasteiger partial charge in [-0.2, -0.15) is 4.91 Å². The van der Waals surface area contributed by atoms with E-state index in [1.54, 1.807) is 0 Å². The molecule has 0 bridgehead atoms. The van der Waals surface area contributed by atoms with Crippen LogP contribution in [0.5, 0.6) is 0 Å². The molecule has 0 saturated heterocycles. The number of aliphatic hydroxyl groups is 1. The van der Waals surface area contributed by atoms with Gasteiger partial charge in [0, 0.05) is 13.1 Å². The van der Waals surface area contributed by atoms with E-state index in [4.69, 9.17) is 0 Å². The topological polar surface area (TPSA) is 52.9 Å². The Labute approximate surface area is 157 Å². The standard InChI is InChI=1S/C18H38N2O2.C3H8/c1-4-6-8-10-12-14-18(21)16-20(3)15-17(19-22)13-11-9-7-5-2;1-3-2/h17-18,21H,4-16H2,1-3H3;3H2,1-2H3. The van der Waals surface area contributed by atoms with Crippen LogP contribution >= 0.6 is 0 Å². The summed E-state index contributed by atoms with van der Waals surface area (Å²) < 4.78 is 0. The Morgan fingerprint density at radius 1 is 0.800 bits per heavy atom. The highest BCUT2D eigenvalue weighted by atomic mass is 16.3. The number of nitroso groups, excluding NO2 is 1. The third-order valence-electron chi connectivity index (χ3n) is 4.23. The van der Waals surface area contributed by atoms with Gasteiger partial charge in [-0.15, -0.1) is 0 Å². The Hall–Kier alpha value is -0.480. The predicted molar refractivity (Wildman–Crippen MR) is 111 cm³/mol. The molecule has 0 amide bonds. The molecule has 4 nitrogen and oxygen atoms in total. The maximum Gasteiger partial charge on any atom is 0.105 e. The molecule has 0 rings (SSSR count). The molecule has 0 heterocycles. The fourth-order valence-electron chi connectivity index (χ4n) is 2.85. The summed E-state index contributed by atoms with van der Waals surface area (Å²) in [5.74, 6) is 0. The van der Waals surface area contributed by atoms with E-state index < -0.39 is 0 Å². The highest BCUT2D eigenvalue weighted by Gasteiger charge is 2.14. The predicted octanol–water partition coefficient (Wildman–Crippen LogP) is 6.16. The molecule has 25 heavy (non-hydrogen) atoms. The minimum Gasteiger partial charge on any atom is -0.392 e. The lowest BCUT2D eigenvalue weighted by Crippen LogP contribution is -2.34. The summed E-state index contributed by atoms with van der Waals surface area (Å²) in [6.07, 6.45) is 13.6. The van der Waals surface area contributed by atoms with Crippen LogP contribution in [-0.2, 0) is 0 Å². The second-order valence-corrected chi connectivity index (χ2v) is 7.39. The first-order chi connectivity index (χ1) is 12.0. The van der Waals surface area contributed by atoms with Gasteiger partial charge in [0.25, 0.3) is 0 Å². The Balaban J connectivity index is 0. The minimum absolute atomic E-state index is 0.126. The average molecular weight is 359 g/mol. The molecule has 0 aromatic heterocycles. The van der Waals surface area contributed by atoms with Crippen molar-refractivity contribution in [2.75, 3.05) is 20.1 Å². The Kier molecular flexibility index (Phi) is 23.1. The van der Waals surface area contributed by atoms with Crippen LogP contribution in [0.2, 0.25) is 0 Å². The summed E-state index contributed by atoms with van der Waals surface area (Å²) in [7, 11) is 1.98. The fourth-order valence-corrected chi connectivity index (χ4v) is 2.85. The molecule has 0 aromatic rings. The van der Waals surface area contributed by atoms with E-state index in [1.165, 1.54) is 51.4 Å². The van der Waals surface area contributed by atoms with Crippen molar-refractivity contribution in [3.8, 4) is 0 Å². The van der Waals surface area contributed by atoms with Crippen molar-refractivity contribution in [3.63, 3.8) is 0 Å². The van der Waals surface area contributed by atoms with Gasteiger partial charge in [0.05, 0.1) is 6.10 Å². The molecule has 0 fully saturated rings. The van der Waals surface area contributed by atoms with Crippen molar-refractivity contribution >= 4 is 0 Å². The average Bonchev–Trinajstić information content (AvgIpc) is 2.58. The largest absolute Gasteiger partial charge is 0.392 e. The summed E-state index contributed by atoms with van der Waals surface area (Å²) in [4.78, 5) is 13.0. The number of hydrogen-bond donors (Lipinski definition) is 1. The maximum atomic E-state index is 10.9. The van der Waals surface area contributed by atoms with Crippen LogP contribution in [0.1, 0.15) is 105 Å². The quantitative estimate of drug-likeness (QED) is 0.265. The summed E-state index contributed by atoms with van der Waals surface area (Å²) in [6, 6.07) is -0.126. The molecule has 2 unspecified atom stereocenters. The minimum atomic E-state index is -0.279. The Bertz CT molecular complexity index is 262. The van der Waals surface area contributed by atoms with Gasteiger partial charge >= 0.3 is 0 Å². The zero-order chi connectivity index (χ0) is 19.3. The third-order valence-corrected chi connectivity index (χ3v) is 4.23. The number of nitrogens with zero attached hydrogens (tertiary/aromatic N) is 2. The molecular weight excluding hydrogens is 312 g/mol. The van der Waals surface area contributed by atoms with Crippen LogP contribution < -0.4 is 0 Å². The van der Waals surface area contributed by atoms with Crippen LogP contribution in [0.25, 0.3) is 0 Å². The van der Waals surface area contributed by atoms with Crippen LogP contribution in [0.3, 0.4) is 0 Å². The first-order valence-corrected chi connectivity index (χ1v) is 10.7. The molecule has 0 aliphatic rings. The zero-order valence-electron chi connectivity index (χ0n) is 17.8. The molecular formula is C21H46N2O2. The van der Waals surface area contributed by atoms with Crippen LogP contribution in [0.4, 0.5) is 0 Å². The molecule has 152 valence electrons. The van der Waals surface area contributed by atoms with E-state index in [2.05, 4.69) is 37.8 Å². The summed E-state index contributed by atoms with van der Waals surface area (Å²) in [5.41, 5.74) is 0. The van der Waals surface area contributed by atoms with Crippen molar-refractivity contribution < 1.29 is 5.11 Å². The van der Waals surface area contributed by atoms with Gasteiger partial charge < -0.3 is 10.0 Å². The van der Waals surface area contributed by atoms with Crippen LogP contribution in [-0.4, -0.2) is 42.3 Å². The number of hydrogen-bond acceptors (Lipinski definition) is 4. The van der Waals surface area contributed by atoms with E-state index in [9.17, 15) is 10.0 Å². The second kappa shape index (κ2) is 21.6. The van der Waals surface area contributed by atoms with E-state index in [1.807, 2.05) is 7.05 Å². The van der Waals surface area contributed by atoms with Gasteiger partial charge in [-0.1, -0.05) is 97.1 Å². The lowest BCUT2D eigenvalue weighted by Gasteiger charge is -2.22. The molecule has 0 saturated carbocycles. The van der Waals surface area contributed by atoms with E-state index in [0.29, 0.717) is 13.1 Å². The first-order valence-electron chi connectivity index (χ1n) is 10.7. The van der Waals surface area contributed by atoms with Crippen molar-refractivity contribution in [2.45, 2.75) is 117 Å². The molecule has 0 aliphatic heterocycles. The highest BCUT2D eigenvalue weighted by Crippen LogP contribution is 2.11. The van der Waals surface area contributed by atoms with Gasteiger partial charge in [0.2, 0.25) is 0 Å². The van der Waals surface area contributed by atoms with E-state index in [0.717, 1.165) is 25.7 Å². The monoisotopic (exact) mass is 358 g/mol. The third kappa shape index (κ3) is 21.5. The highest BCUT2D eigenvalue weighted by molar-refractivity contribution is 4.72. The second-order valence-electron chi connectivity index (χ2n) is 7.39. The fraction of sp³-hybridized carbons (Fsp3) is 1.00. The lowest BCUT2D eigenvalue weighted by molar-refractivity contribution is 0.112. The molecule has 0 aliphatic carbocycles. The normalized spacial score (nSPS) is 13.2. The summed E-state index contributed by atoms with van der Waals surface area (Å²) >= 11 is 0. The SMILES string of the molecule is CCC.CCCCCCCC(O)CN(C)CC(CCCCCC)N=O. The number of aliphatic hydroxyl groups excluding tert-OH is 1. The maximum absolute atomic E-state index is 10.9. The van der Waals surface area contributed by atoms with Crippen molar-refractivity contribution in [1.82, 2.24) is 4.90 Å². The smallest absolute Gasteiger partial charge is 0.105 e. The number of likely N-dealkylation sites (N-methyl/N-ethyl adjacent to an activating group) is 1. The number of rotatable bonds is 16. The lowest BCUT2D eigenvalue weighted by atomic mass is 10.1. The molecule has 0 spiro atoms. The Morgan fingerprint density at radius 3 is 1.80 bits per heavy atom. The van der Waals surface area contributed by atoms with Crippen molar-refractivity contribution in [2.24, 2.45) is 5.18 Å². The molecule has 2 atom stereocenters. The van der Waals surface area contributed by atoms with Gasteiger partial charge in [-0.25, -0.2) is 0 Å². The zero-order valence-corrected chi connectivity index (χ0v) is 17.8. The first kappa shape index (κ1) is 26.7. The van der Waals surface area contributed by atoms with E-state index >= 15 is 0 Å². The van der Waals surface area contributed by atoms with Gasteiger partial charge in [0.1, 0.15) is 6.04 Å². The van der Waals surface area contributed by atoms with Crippen molar-refractivity contribution in [1.29, 1.82) is 0 Å². The molecule has 0 aromatic carbocycles. The van der Waals surface area contributed by atoms with Gasteiger partial charge in [0.15, 0.2) is 0 Å². The molecule has 4 heteroatoms. The van der Waals surface area contributed by atoms with E-state index in [-0.39, 0.29) is 12.1 Å². The molecule has 1 N–H and O–H groups in total. The van der Waals surface area contributed by atoms with Gasteiger partial charge in [-0.3, -0.25) is 0 Å². The number of unbranched alkanes of at least 4 members (excludes halogenated alkanes) is 7. The summed E-state index contributed by atoms with van der Waals surface area (Å²) in [5, 5.41) is 13.3. The van der Waals surface area contributed by atoms with Crippen LogP contribution in [0.15, 0.2) is 5.18 Å².